The number of hydrogen-bond donors (Lipinski definition) is 0. The molecule has 0 atom stereocenters. The van der Waals surface area contributed by atoms with E-state index in [1.165, 1.54) is 31.7 Å². The van der Waals surface area contributed by atoms with E-state index in [2.05, 4.69) is 16.5 Å². The highest BCUT2D eigenvalue weighted by molar-refractivity contribution is 6.16. The Morgan fingerprint density at radius 1 is 1.35 bits per heavy atom. The van der Waals surface area contributed by atoms with E-state index in [4.69, 9.17) is 11.6 Å². The second-order valence-corrected chi connectivity index (χ2v) is 6.21. The lowest BCUT2D eigenvalue weighted by Gasteiger charge is -2.29. The molecule has 0 N–H and O–H groups in total. The highest BCUT2D eigenvalue weighted by atomic mass is 35.5. The van der Waals surface area contributed by atoms with Gasteiger partial charge in [-0.3, -0.25) is 0 Å². The maximum absolute atomic E-state index is 13.5. The summed E-state index contributed by atoms with van der Waals surface area (Å²) < 4.78 is 15.7. The first-order valence-electron chi connectivity index (χ1n) is 7.38. The van der Waals surface area contributed by atoms with Crippen molar-refractivity contribution in [1.82, 2.24) is 9.55 Å². The second kappa shape index (κ2) is 5.36. The molecule has 0 unspecified atom stereocenters. The number of imidazole rings is 1. The normalized spacial score (nSPS) is 17.9. The quantitative estimate of drug-likeness (QED) is 0.735. The van der Waals surface area contributed by atoms with E-state index in [1.807, 2.05) is 0 Å². The van der Waals surface area contributed by atoms with Crippen LogP contribution in [0.25, 0.3) is 11.0 Å². The average Bonchev–Trinajstić information content (AvgIpc) is 3.05. The molecule has 108 valence electrons. The molecular formula is C16H20ClFN2. The van der Waals surface area contributed by atoms with Crippen LogP contribution in [0, 0.1) is 11.2 Å². The molecule has 2 aromatic rings. The van der Waals surface area contributed by atoms with Crippen LogP contribution >= 0.6 is 11.6 Å². The van der Waals surface area contributed by atoms with Gasteiger partial charge in [0.15, 0.2) is 0 Å². The molecule has 1 aromatic carbocycles. The molecule has 2 nitrogen and oxygen atoms in total. The third kappa shape index (κ3) is 2.32. The molecule has 1 heterocycles. The molecule has 1 saturated carbocycles. The highest BCUT2D eigenvalue weighted by Crippen LogP contribution is 2.43. The first kappa shape index (κ1) is 13.9. The molecule has 0 radical (unpaired) electrons. The fourth-order valence-corrected chi connectivity index (χ4v) is 3.71. The van der Waals surface area contributed by atoms with Crippen LogP contribution in [0.1, 0.15) is 44.9 Å². The molecule has 3 rings (SSSR count). The van der Waals surface area contributed by atoms with Gasteiger partial charge in [-0.2, -0.15) is 0 Å². The van der Waals surface area contributed by atoms with Gasteiger partial charge in [-0.25, -0.2) is 9.37 Å². The summed E-state index contributed by atoms with van der Waals surface area (Å²) in [6, 6.07) is 4.78. The minimum Gasteiger partial charge on any atom is -0.326 e. The van der Waals surface area contributed by atoms with Crippen molar-refractivity contribution in [3.63, 3.8) is 0 Å². The van der Waals surface area contributed by atoms with Gasteiger partial charge in [0.2, 0.25) is 0 Å². The summed E-state index contributed by atoms with van der Waals surface area (Å²) in [4.78, 5) is 4.54. The fraction of sp³-hybridized carbons (Fsp3) is 0.562. The van der Waals surface area contributed by atoms with Crippen molar-refractivity contribution in [1.29, 1.82) is 0 Å². The summed E-state index contributed by atoms with van der Waals surface area (Å²) >= 11 is 6.04. The van der Waals surface area contributed by atoms with Crippen molar-refractivity contribution in [3.8, 4) is 0 Å². The van der Waals surface area contributed by atoms with E-state index < -0.39 is 0 Å². The number of halogens is 2. The standard InChI is InChI=1S/C16H20ClFN2/c1-2-16(7-3-4-8-16)11-20-14-9-12(18)5-6-13(14)19-15(20)10-17/h5-6,9H,2-4,7-8,10-11H2,1H3. The van der Waals surface area contributed by atoms with Gasteiger partial charge >= 0.3 is 0 Å². The van der Waals surface area contributed by atoms with Crippen molar-refractivity contribution in [3.05, 3.63) is 29.8 Å². The van der Waals surface area contributed by atoms with E-state index in [-0.39, 0.29) is 5.82 Å². The van der Waals surface area contributed by atoms with Crippen molar-refractivity contribution in [2.24, 2.45) is 5.41 Å². The number of fused-ring (bicyclic) bond motifs is 1. The van der Waals surface area contributed by atoms with Gasteiger partial charge in [0.1, 0.15) is 11.6 Å². The zero-order chi connectivity index (χ0) is 14.2. The first-order valence-corrected chi connectivity index (χ1v) is 7.91. The van der Waals surface area contributed by atoms with Crippen LogP contribution < -0.4 is 0 Å². The van der Waals surface area contributed by atoms with Crippen molar-refractivity contribution in [2.45, 2.75) is 51.5 Å². The van der Waals surface area contributed by atoms with E-state index in [9.17, 15) is 4.39 Å². The minimum atomic E-state index is -0.211. The Bertz CT molecular complexity index is 614. The molecule has 1 aliphatic carbocycles. The van der Waals surface area contributed by atoms with E-state index in [0.717, 1.165) is 29.8 Å². The third-order valence-corrected chi connectivity index (χ3v) is 5.06. The Kier molecular flexibility index (Phi) is 3.72. The Labute approximate surface area is 123 Å². The number of aromatic nitrogens is 2. The molecular weight excluding hydrogens is 275 g/mol. The summed E-state index contributed by atoms with van der Waals surface area (Å²) in [5, 5.41) is 0. The Balaban J connectivity index is 2.06. The van der Waals surface area contributed by atoms with E-state index in [0.29, 0.717) is 11.3 Å². The van der Waals surface area contributed by atoms with Crippen LogP contribution in [0.15, 0.2) is 18.2 Å². The van der Waals surface area contributed by atoms with E-state index in [1.54, 1.807) is 12.1 Å². The minimum absolute atomic E-state index is 0.211. The van der Waals surface area contributed by atoms with Gasteiger partial charge in [-0.15, -0.1) is 11.6 Å². The number of rotatable bonds is 4. The van der Waals surface area contributed by atoms with Crippen molar-refractivity contribution in [2.75, 3.05) is 0 Å². The molecule has 0 amide bonds. The van der Waals surface area contributed by atoms with Crippen LogP contribution in [0.4, 0.5) is 4.39 Å². The fourth-order valence-electron chi connectivity index (χ4n) is 3.51. The number of benzene rings is 1. The molecule has 1 aromatic heterocycles. The molecule has 0 aliphatic heterocycles. The molecule has 4 heteroatoms. The lowest BCUT2D eigenvalue weighted by molar-refractivity contribution is 0.238. The average molecular weight is 295 g/mol. The van der Waals surface area contributed by atoms with Gasteiger partial charge in [-0.1, -0.05) is 19.8 Å². The Morgan fingerprint density at radius 2 is 2.10 bits per heavy atom. The monoisotopic (exact) mass is 294 g/mol. The van der Waals surface area contributed by atoms with Crippen LogP contribution in [0.2, 0.25) is 0 Å². The van der Waals surface area contributed by atoms with Crippen molar-refractivity contribution >= 4 is 22.6 Å². The third-order valence-electron chi connectivity index (χ3n) is 4.82. The van der Waals surface area contributed by atoms with Gasteiger partial charge in [-0.05, 0) is 42.9 Å². The van der Waals surface area contributed by atoms with Gasteiger partial charge in [0.05, 0.1) is 16.9 Å². The summed E-state index contributed by atoms with van der Waals surface area (Å²) in [6.07, 6.45) is 6.25. The summed E-state index contributed by atoms with van der Waals surface area (Å²) in [7, 11) is 0. The maximum atomic E-state index is 13.5. The first-order chi connectivity index (χ1) is 9.67. The summed E-state index contributed by atoms with van der Waals surface area (Å²) in [5.74, 6) is 1.01. The molecule has 0 saturated heterocycles. The number of hydrogen-bond acceptors (Lipinski definition) is 1. The number of alkyl halides is 1. The zero-order valence-electron chi connectivity index (χ0n) is 11.8. The largest absolute Gasteiger partial charge is 0.326 e. The predicted octanol–water partition coefficient (Wildman–Crippen LogP) is 4.88. The topological polar surface area (TPSA) is 17.8 Å². The lowest BCUT2D eigenvalue weighted by Crippen LogP contribution is -2.23. The maximum Gasteiger partial charge on any atom is 0.125 e. The van der Waals surface area contributed by atoms with E-state index >= 15 is 0 Å². The Morgan fingerprint density at radius 3 is 2.75 bits per heavy atom. The van der Waals surface area contributed by atoms with Crippen LogP contribution in [0.3, 0.4) is 0 Å². The molecule has 1 aliphatic rings. The Hall–Kier alpha value is -1.09. The van der Waals surface area contributed by atoms with Crippen LogP contribution in [-0.4, -0.2) is 9.55 Å². The predicted molar refractivity (Wildman–Crippen MR) is 80.4 cm³/mol. The molecule has 20 heavy (non-hydrogen) atoms. The number of nitrogens with zero attached hydrogens (tertiary/aromatic N) is 2. The van der Waals surface area contributed by atoms with Crippen LogP contribution in [0.5, 0.6) is 0 Å². The smallest absolute Gasteiger partial charge is 0.125 e. The second-order valence-electron chi connectivity index (χ2n) is 5.94. The van der Waals surface area contributed by atoms with Crippen molar-refractivity contribution < 1.29 is 4.39 Å². The van der Waals surface area contributed by atoms with Gasteiger partial charge in [0, 0.05) is 6.54 Å². The molecule has 0 spiro atoms. The van der Waals surface area contributed by atoms with Crippen LogP contribution in [-0.2, 0) is 12.4 Å². The zero-order valence-corrected chi connectivity index (χ0v) is 12.6. The van der Waals surface area contributed by atoms with Gasteiger partial charge in [0.25, 0.3) is 0 Å². The van der Waals surface area contributed by atoms with Gasteiger partial charge < -0.3 is 4.57 Å². The lowest BCUT2D eigenvalue weighted by atomic mass is 9.83. The highest BCUT2D eigenvalue weighted by Gasteiger charge is 2.33. The summed E-state index contributed by atoms with van der Waals surface area (Å²) in [6.45, 7) is 3.16. The summed E-state index contributed by atoms with van der Waals surface area (Å²) in [5.41, 5.74) is 2.05. The molecule has 1 fully saturated rings. The molecule has 0 bridgehead atoms. The SMILES string of the molecule is CCC1(Cn2c(CCl)nc3ccc(F)cc32)CCCC1.